The van der Waals surface area contributed by atoms with Crippen molar-refractivity contribution in [2.45, 2.75) is 0 Å². The average Bonchev–Trinajstić information content (AvgIpc) is 2.10. The van der Waals surface area contributed by atoms with Crippen LogP contribution in [-0.2, 0) is 9.84 Å². The van der Waals surface area contributed by atoms with Crippen LogP contribution in [0.4, 0.5) is 0 Å². The second-order valence-electron chi connectivity index (χ2n) is 1.54. The molecule has 10 heavy (non-hydrogen) atoms. The van der Waals surface area contributed by atoms with E-state index in [1.54, 1.807) is 6.26 Å². The highest BCUT2D eigenvalue weighted by molar-refractivity contribution is 9.14. The van der Waals surface area contributed by atoms with E-state index >= 15 is 0 Å². The van der Waals surface area contributed by atoms with Crippen molar-refractivity contribution in [3.63, 3.8) is 0 Å². The molecule has 0 unspecified atom stereocenters. The van der Waals surface area contributed by atoms with Gasteiger partial charge in [0.2, 0.25) is 9.84 Å². The highest BCUT2D eigenvalue weighted by atomic mass is 79.9. The molecule has 0 amide bonds. The van der Waals surface area contributed by atoms with E-state index in [1.807, 2.05) is 0 Å². The van der Waals surface area contributed by atoms with Gasteiger partial charge in [-0.05, 0) is 22.2 Å². The quantitative estimate of drug-likeness (QED) is 0.643. The molecule has 0 fully saturated rings. The zero-order valence-corrected chi connectivity index (χ0v) is 8.25. The maximum absolute atomic E-state index is 11.1. The summed E-state index contributed by atoms with van der Waals surface area (Å²) in [6, 6.07) is 0. The molecule has 0 spiro atoms. The van der Waals surface area contributed by atoms with Crippen LogP contribution < -0.4 is 0 Å². The molecule has 6 heteroatoms. The third kappa shape index (κ3) is 1.15. The average molecular weight is 242 g/mol. The van der Waals surface area contributed by atoms with Crippen LogP contribution >= 0.6 is 27.7 Å². The van der Waals surface area contributed by atoms with Crippen LogP contribution in [0, 0.1) is 0 Å². The van der Waals surface area contributed by atoms with Gasteiger partial charge in [0.05, 0.1) is 6.20 Å². The van der Waals surface area contributed by atoms with E-state index in [1.165, 1.54) is 6.20 Å². The molecule has 1 aliphatic rings. The molecule has 0 bridgehead atoms. The fourth-order valence-electron chi connectivity index (χ4n) is 0.488. The Bertz CT molecular complexity index is 303. The van der Waals surface area contributed by atoms with Crippen molar-refractivity contribution >= 4 is 41.9 Å². The minimum Gasteiger partial charge on any atom is -0.236 e. The summed E-state index contributed by atoms with van der Waals surface area (Å²) < 4.78 is 22.4. The van der Waals surface area contributed by atoms with Crippen molar-refractivity contribution in [3.05, 3.63) is 10.0 Å². The van der Waals surface area contributed by atoms with Gasteiger partial charge in [0.15, 0.2) is 4.38 Å². The molecular formula is C4H4BrNO2S2. The van der Waals surface area contributed by atoms with Crippen LogP contribution in [0.25, 0.3) is 0 Å². The highest BCUT2D eigenvalue weighted by Gasteiger charge is 2.26. The maximum Gasteiger partial charge on any atom is 0.238 e. The van der Waals surface area contributed by atoms with Crippen LogP contribution in [0.2, 0.25) is 0 Å². The lowest BCUT2D eigenvalue weighted by molar-refractivity contribution is 0.615. The topological polar surface area (TPSA) is 46.5 Å². The van der Waals surface area contributed by atoms with Gasteiger partial charge in [0.25, 0.3) is 0 Å². The predicted octanol–water partition coefficient (Wildman–Crippen LogP) is 1.33. The summed E-state index contributed by atoms with van der Waals surface area (Å²) in [6.45, 7) is 0. The first-order valence-electron chi connectivity index (χ1n) is 2.31. The maximum atomic E-state index is 11.1. The van der Waals surface area contributed by atoms with Gasteiger partial charge in [-0.3, -0.25) is 0 Å². The van der Waals surface area contributed by atoms with Crippen LogP contribution in [0.3, 0.4) is 0 Å². The summed E-state index contributed by atoms with van der Waals surface area (Å²) in [5.41, 5.74) is 0. The number of aliphatic imine (C=N–C) groups is 1. The summed E-state index contributed by atoms with van der Waals surface area (Å²) in [5.74, 6) is 0. The summed E-state index contributed by atoms with van der Waals surface area (Å²) >= 11 is 4.01. The Morgan fingerprint density at radius 3 is 2.50 bits per heavy atom. The molecule has 0 aromatic heterocycles. The first kappa shape index (κ1) is 8.29. The van der Waals surface area contributed by atoms with E-state index in [2.05, 4.69) is 20.9 Å². The Morgan fingerprint density at radius 2 is 2.30 bits per heavy atom. The van der Waals surface area contributed by atoms with Crippen molar-refractivity contribution in [2.24, 2.45) is 4.99 Å². The zero-order valence-electron chi connectivity index (χ0n) is 5.04. The summed E-state index contributed by atoms with van der Waals surface area (Å²) in [5, 5.41) is 0. The lowest BCUT2D eigenvalue weighted by Gasteiger charge is -1.93. The summed E-state index contributed by atoms with van der Waals surface area (Å²) in [6.07, 6.45) is 2.97. The minimum atomic E-state index is -3.23. The number of sulfone groups is 1. The van der Waals surface area contributed by atoms with E-state index in [0.717, 1.165) is 11.8 Å². The van der Waals surface area contributed by atoms with E-state index in [4.69, 9.17) is 0 Å². The van der Waals surface area contributed by atoms with E-state index < -0.39 is 9.84 Å². The minimum absolute atomic E-state index is 0.143. The molecule has 56 valence electrons. The van der Waals surface area contributed by atoms with Crippen LogP contribution in [0.1, 0.15) is 0 Å². The van der Waals surface area contributed by atoms with Crippen molar-refractivity contribution in [1.29, 1.82) is 0 Å². The lowest BCUT2D eigenvalue weighted by atomic mass is 11.1. The van der Waals surface area contributed by atoms with Gasteiger partial charge in [-0.1, -0.05) is 11.8 Å². The molecular weight excluding hydrogens is 238 g/mol. The highest BCUT2D eigenvalue weighted by Crippen LogP contribution is 2.26. The number of nitrogens with zero attached hydrogens (tertiary/aromatic N) is 1. The molecule has 0 saturated carbocycles. The second-order valence-corrected chi connectivity index (χ2v) is 5.80. The van der Waals surface area contributed by atoms with Gasteiger partial charge in [0, 0.05) is 0 Å². The molecule has 1 rings (SSSR count). The Labute approximate surface area is 71.7 Å². The number of thioether (sulfide) groups is 1. The summed E-state index contributed by atoms with van der Waals surface area (Å²) in [4.78, 5) is 3.67. The number of halogens is 1. The molecule has 3 nitrogen and oxygen atoms in total. The first-order chi connectivity index (χ1) is 4.59. The largest absolute Gasteiger partial charge is 0.238 e. The van der Waals surface area contributed by atoms with Crippen LogP contribution in [0.5, 0.6) is 0 Å². The van der Waals surface area contributed by atoms with Crippen molar-refractivity contribution < 1.29 is 8.42 Å². The lowest BCUT2D eigenvalue weighted by Crippen LogP contribution is -2.05. The smallest absolute Gasteiger partial charge is 0.236 e. The number of hydrogen-bond donors (Lipinski definition) is 0. The van der Waals surface area contributed by atoms with Gasteiger partial charge >= 0.3 is 0 Å². The van der Waals surface area contributed by atoms with Crippen molar-refractivity contribution in [1.82, 2.24) is 0 Å². The molecule has 0 saturated heterocycles. The van der Waals surface area contributed by atoms with Gasteiger partial charge in [0.1, 0.15) is 3.81 Å². The second kappa shape index (κ2) is 2.67. The standard InChI is InChI=1S/C4H4BrNO2S2/c1-9-4-6-2-3(5)10(4,7)8/h2H,1H3. The Kier molecular flexibility index (Phi) is 2.21. The van der Waals surface area contributed by atoms with Gasteiger partial charge in [-0.15, -0.1) is 0 Å². The molecule has 1 heterocycles. The summed E-state index contributed by atoms with van der Waals surface area (Å²) in [7, 11) is -3.23. The van der Waals surface area contributed by atoms with Crippen LogP contribution in [-0.4, -0.2) is 19.0 Å². The normalized spacial score (nSPS) is 22.2. The Hall–Kier alpha value is 0.190. The van der Waals surface area contributed by atoms with Crippen molar-refractivity contribution in [2.75, 3.05) is 6.26 Å². The molecule has 0 aromatic rings. The molecule has 0 aromatic carbocycles. The molecule has 0 atom stereocenters. The van der Waals surface area contributed by atoms with Gasteiger partial charge in [-0.2, -0.15) is 0 Å². The van der Waals surface area contributed by atoms with E-state index in [0.29, 0.717) is 0 Å². The third-order valence-corrected chi connectivity index (χ3v) is 5.21. The van der Waals surface area contributed by atoms with E-state index in [-0.39, 0.29) is 8.19 Å². The molecule has 1 aliphatic heterocycles. The van der Waals surface area contributed by atoms with Crippen LogP contribution in [0.15, 0.2) is 15.0 Å². The fourth-order valence-corrected chi connectivity index (χ4v) is 3.23. The Morgan fingerprint density at radius 1 is 1.70 bits per heavy atom. The van der Waals surface area contributed by atoms with Crippen molar-refractivity contribution in [3.8, 4) is 0 Å². The molecule has 0 radical (unpaired) electrons. The first-order valence-corrected chi connectivity index (χ1v) is 5.81. The Balaban J connectivity index is 3.14. The predicted molar refractivity (Wildman–Crippen MR) is 46.9 cm³/mol. The van der Waals surface area contributed by atoms with Gasteiger partial charge in [-0.25, -0.2) is 13.4 Å². The third-order valence-electron chi connectivity index (χ3n) is 0.933. The number of rotatable bonds is 0. The monoisotopic (exact) mass is 241 g/mol. The molecule has 0 aliphatic carbocycles. The zero-order chi connectivity index (χ0) is 7.78. The molecule has 0 N–H and O–H groups in total. The fraction of sp³-hybridized carbons (Fsp3) is 0.250. The SMILES string of the molecule is CSC1=NC=C(Br)S1(=O)=O. The van der Waals surface area contributed by atoms with E-state index in [9.17, 15) is 8.42 Å². The van der Waals surface area contributed by atoms with Gasteiger partial charge < -0.3 is 0 Å². The number of hydrogen-bond acceptors (Lipinski definition) is 4.